The van der Waals surface area contributed by atoms with E-state index in [-0.39, 0.29) is 0 Å². The van der Waals surface area contributed by atoms with Crippen molar-refractivity contribution in [1.82, 2.24) is 0 Å². The number of nitrogens with zero attached hydrogens (tertiary/aromatic N) is 1. The average molecular weight is 346 g/mol. The molecule has 26 heavy (non-hydrogen) atoms. The maximum absolute atomic E-state index is 8.05. The van der Waals surface area contributed by atoms with Crippen molar-refractivity contribution in [2.45, 2.75) is 45.4 Å². The topological polar surface area (TPSA) is 3.88 Å². The van der Waals surface area contributed by atoms with Crippen molar-refractivity contribution < 1.29 is 8.68 Å². The van der Waals surface area contributed by atoms with Gasteiger partial charge in [-0.15, -0.1) is 0 Å². The molecular formula is C25H28N+. The van der Waals surface area contributed by atoms with Gasteiger partial charge in [-0.1, -0.05) is 49.2 Å². The molecule has 1 heteroatoms. The van der Waals surface area contributed by atoms with Gasteiger partial charge in [-0.3, -0.25) is 0 Å². The molecule has 0 saturated heterocycles. The molecule has 1 aliphatic rings. The number of hydrogen-bond donors (Lipinski definition) is 0. The lowest BCUT2D eigenvalue weighted by Crippen LogP contribution is -2.31. The van der Waals surface area contributed by atoms with Gasteiger partial charge < -0.3 is 0 Å². The number of pyridine rings is 1. The molecule has 0 unspecified atom stereocenters. The van der Waals surface area contributed by atoms with Crippen molar-refractivity contribution in [3.05, 3.63) is 77.5 Å². The zero-order chi connectivity index (χ0) is 20.6. The van der Waals surface area contributed by atoms with Crippen LogP contribution in [0.2, 0.25) is 0 Å². The van der Waals surface area contributed by atoms with E-state index in [9.17, 15) is 0 Å². The minimum atomic E-state index is -2.15. The van der Waals surface area contributed by atoms with Crippen LogP contribution < -0.4 is 4.57 Å². The Hall–Kier alpha value is -2.41. The molecule has 4 rings (SSSR count). The van der Waals surface area contributed by atoms with Crippen LogP contribution in [-0.2, 0) is 7.05 Å². The van der Waals surface area contributed by atoms with Gasteiger partial charge in [-0.2, -0.15) is 0 Å². The molecule has 1 aliphatic carbocycles. The first-order valence-electron chi connectivity index (χ1n) is 11.0. The van der Waals surface area contributed by atoms with Crippen LogP contribution in [0.3, 0.4) is 0 Å². The lowest BCUT2D eigenvalue weighted by molar-refractivity contribution is -0.660. The van der Waals surface area contributed by atoms with Crippen LogP contribution in [0.4, 0.5) is 0 Å². The Balaban J connectivity index is 1.90. The second-order valence-electron chi connectivity index (χ2n) is 7.52. The molecule has 1 saturated carbocycles. The molecule has 1 heterocycles. The van der Waals surface area contributed by atoms with Crippen LogP contribution >= 0.6 is 0 Å². The molecule has 3 aromatic rings. The van der Waals surface area contributed by atoms with Gasteiger partial charge >= 0.3 is 0 Å². The third-order valence-corrected chi connectivity index (χ3v) is 5.73. The molecule has 132 valence electrons. The number of benzene rings is 2. The van der Waals surface area contributed by atoms with Gasteiger partial charge in [0.15, 0.2) is 6.20 Å². The first-order valence-corrected chi connectivity index (χ1v) is 9.55. The van der Waals surface area contributed by atoms with E-state index in [1.165, 1.54) is 31.2 Å². The third kappa shape index (κ3) is 3.19. The fraction of sp³-hybridized carbons (Fsp3) is 0.320. The summed E-state index contributed by atoms with van der Waals surface area (Å²) in [5, 5.41) is 0. The zero-order valence-electron chi connectivity index (χ0n) is 18.6. The minimum absolute atomic E-state index is 0.416. The Morgan fingerprint density at radius 1 is 0.923 bits per heavy atom. The average Bonchev–Trinajstić information content (AvgIpc) is 3.23. The summed E-state index contributed by atoms with van der Waals surface area (Å²) in [6.07, 6.45) is 7.29. The first-order chi connectivity index (χ1) is 13.8. The Morgan fingerprint density at radius 2 is 1.69 bits per heavy atom. The number of aromatic nitrogens is 1. The van der Waals surface area contributed by atoms with E-state index in [1.807, 2.05) is 43.3 Å². The summed E-state index contributed by atoms with van der Waals surface area (Å²) in [5.41, 5.74) is 6.78. The minimum Gasteiger partial charge on any atom is -0.201 e. The molecule has 0 amide bonds. The van der Waals surface area contributed by atoms with Crippen molar-refractivity contribution in [2.24, 2.45) is 7.05 Å². The summed E-state index contributed by atoms with van der Waals surface area (Å²) in [6, 6.07) is 18.3. The normalized spacial score (nSPS) is 16.9. The van der Waals surface area contributed by atoms with Gasteiger partial charge in [0.05, 0.1) is 0 Å². The Bertz CT molecular complexity index is 1020. The second kappa shape index (κ2) is 7.07. The monoisotopic (exact) mass is 345 g/mol. The highest BCUT2D eigenvalue weighted by Crippen LogP contribution is 2.36. The van der Waals surface area contributed by atoms with Crippen LogP contribution in [0.5, 0.6) is 0 Å². The van der Waals surface area contributed by atoms with Crippen molar-refractivity contribution in [3.63, 3.8) is 0 Å². The molecule has 0 spiro atoms. The largest absolute Gasteiger partial charge is 0.212 e. The molecule has 2 aromatic carbocycles. The van der Waals surface area contributed by atoms with Crippen LogP contribution in [-0.4, -0.2) is 0 Å². The van der Waals surface area contributed by atoms with E-state index in [2.05, 4.69) is 36.0 Å². The zero-order valence-corrected chi connectivity index (χ0v) is 15.6. The van der Waals surface area contributed by atoms with Crippen molar-refractivity contribution in [1.29, 1.82) is 0 Å². The van der Waals surface area contributed by atoms with E-state index in [0.29, 0.717) is 11.5 Å². The fourth-order valence-electron chi connectivity index (χ4n) is 4.21. The molecule has 0 N–H and O–H groups in total. The highest BCUT2D eigenvalue weighted by atomic mass is 14.9. The molecular weight excluding hydrogens is 314 g/mol. The maximum Gasteiger partial charge on any atom is 0.212 e. The molecule has 0 bridgehead atoms. The number of rotatable bonds is 3. The molecule has 0 atom stereocenters. The quantitative estimate of drug-likeness (QED) is 0.504. The highest BCUT2D eigenvalue weighted by molar-refractivity contribution is 5.75. The highest BCUT2D eigenvalue weighted by Gasteiger charge is 2.21. The standard InChI is InChI=1S/C25H28N/c1-18-15-19(2)24(17-23(18)21-11-5-4-6-12-21)25-16-22(13-14-26(25)3)20-9-7-8-10-20/h4-6,11-17,20H,7-10H2,1-3H3/q+1/i1D3. The molecule has 1 nitrogen and oxygen atoms in total. The van der Waals surface area contributed by atoms with Gasteiger partial charge in [-0.25, -0.2) is 4.57 Å². The maximum atomic E-state index is 8.05. The summed E-state index contributed by atoms with van der Waals surface area (Å²) in [4.78, 5) is 0. The van der Waals surface area contributed by atoms with E-state index in [0.717, 1.165) is 27.9 Å². The van der Waals surface area contributed by atoms with E-state index in [4.69, 9.17) is 4.11 Å². The Kier molecular flexibility index (Phi) is 3.74. The third-order valence-electron chi connectivity index (χ3n) is 5.73. The van der Waals surface area contributed by atoms with E-state index in [1.54, 1.807) is 0 Å². The summed E-state index contributed by atoms with van der Waals surface area (Å²) >= 11 is 0. The summed E-state index contributed by atoms with van der Waals surface area (Å²) in [5.74, 6) is 0.644. The van der Waals surface area contributed by atoms with Crippen LogP contribution in [0.25, 0.3) is 22.4 Å². The molecule has 1 aromatic heterocycles. The van der Waals surface area contributed by atoms with Crippen molar-refractivity contribution in [2.75, 3.05) is 0 Å². The Labute approximate surface area is 161 Å². The van der Waals surface area contributed by atoms with Crippen LogP contribution in [0.15, 0.2) is 60.8 Å². The molecule has 0 radical (unpaired) electrons. The number of hydrogen-bond acceptors (Lipinski definition) is 0. The predicted octanol–water partition coefficient (Wildman–Crippen LogP) is 6.12. The first kappa shape index (κ1) is 13.7. The van der Waals surface area contributed by atoms with E-state index < -0.39 is 6.85 Å². The summed E-state index contributed by atoms with van der Waals surface area (Å²) in [6.45, 7) is -0.135. The predicted molar refractivity (Wildman–Crippen MR) is 109 cm³/mol. The number of aryl methyl sites for hydroxylation is 3. The summed E-state index contributed by atoms with van der Waals surface area (Å²) in [7, 11) is 2.06. The van der Waals surface area contributed by atoms with Crippen molar-refractivity contribution in [3.8, 4) is 22.4 Å². The fourth-order valence-corrected chi connectivity index (χ4v) is 4.21. The molecule has 1 fully saturated rings. The van der Waals surface area contributed by atoms with Crippen molar-refractivity contribution >= 4 is 0 Å². The van der Waals surface area contributed by atoms with Crippen LogP contribution in [0, 0.1) is 13.8 Å². The second-order valence-corrected chi connectivity index (χ2v) is 7.52. The van der Waals surface area contributed by atoms with Gasteiger partial charge in [-0.05, 0) is 66.4 Å². The van der Waals surface area contributed by atoms with Crippen LogP contribution in [0.1, 0.15) is 52.4 Å². The van der Waals surface area contributed by atoms with Gasteiger partial charge in [0.1, 0.15) is 7.05 Å². The lowest BCUT2D eigenvalue weighted by atomic mass is 9.91. The smallest absolute Gasteiger partial charge is 0.201 e. The lowest BCUT2D eigenvalue weighted by Gasteiger charge is -2.14. The van der Waals surface area contributed by atoms with Gasteiger partial charge in [0.2, 0.25) is 5.69 Å². The Morgan fingerprint density at radius 3 is 2.42 bits per heavy atom. The SMILES string of the molecule is [2H]C([2H])([2H])c1cc(C)c(-c2cc(C3CCCC3)cc[n+]2C)cc1-c1ccccc1. The van der Waals surface area contributed by atoms with Gasteiger partial charge in [0.25, 0.3) is 0 Å². The van der Waals surface area contributed by atoms with Gasteiger partial charge in [0, 0.05) is 21.8 Å². The van der Waals surface area contributed by atoms with E-state index >= 15 is 0 Å². The summed E-state index contributed by atoms with van der Waals surface area (Å²) < 4.78 is 26.3. The molecule has 0 aliphatic heterocycles.